The van der Waals surface area contributed by atoms with Crippen molar-refractivity contribution in [2.24, 2.45) is 0 Å². The lowest BCUT2D eigenvalue weighted by molar-refractivity contribution is -0.138. The average molecular weight is 490 g/mol. The predicted octanol–water partition coefficient (Wildman–Crippen LogP) is 5.32. The quantitative estimate of drug-likeness (QED) is 0.568. The Balaban J connectivity index is 2.04. The molecule has 0 spiro atoms. The maximum Gasteiger partial charge on any atom is 0.418 e. The number of carbonyl (C=O) groups is 1. The van der Waals surface area contributed by atoms with Gasteiger partial charge in [-0.05, 0) is 37.6 Å². The van der Waals surface area contributed by atoms with E-state index in [1.807, 2.05) is 0 Å². The minimum Gasteiger partial charge on any atom is -0.356 e. The van der Waals surface area contributed by atoms with E-state index in [2.05, 4.69) is 10.3 Å². The molecule has 1 aliphatic heterocycles. The fraction of sp³-hybridized carbons (Fsp3) is 0.429. The zero-order chi connectivity index (χ0) is 24.6. The summed E-state index contributed by atoms with van der Waals surface area (Å²) in [7, 11) is -3.09. The molecule has 0 unspecified atom stereocenters. The average Bonchev–Trinajstić information content (AvgIpc) is 2.86. The number of hydrogen-bond donors (Lipinski definition) is 2. The van der Waals surface area contributed by atoms with Crippen molar-refractivity contribution in [2.45, 2.75) is 43.2 Å². The number of hydrogen-bond acceptors (Lipinski definition) is 5. The smallest absolute Gasteiger partial charge is 0.356 e. The van der Waals surface area contributed by atoms with Crippen molar-refractivity contribution in [1.29, 1.82) is 4.78 Å². The molecule has 0 radical (unpaired) electrons. The first-order valence-corrected chi connectivity index (χ1v) is 12.0. The van der Waals surface area contributed by atoms with E-state index < -0.39 is 45.3 Å². The number of anilines is 2. The fourth-order valence-corrected chi connectivity index (χ4v) is 4.27. The number of carbonyl (C=O) groups excluding carboxylic acids is 1. The van der Waals surface area contributed by atoms with Gasteiger partial charge < -0.3 is 10.2 Å². The number of aromatic nitrogens is 1. The number of nitrogens with zero attached hydrogens (tertiary/aromatic N) is 2. The van der Waals surface area contributed by atoms with E-state index >= 15 is 0 Å². The SMILES string of the molecule is Cc1nc(N2CCCC(F)(F)CC2)c(C(=O)Nc2cccc([S@](C)(=N)=O)c2)cc1C(F)(F)F. The molecule has 12 heteroatoms. The Kier molecular flexibility index (Phi) is 6.69. The van der Waals surface area contributed by atoms with Crippen LogP contribution in [-0.4, -0.2) is 40.4 Å². The van der Waals surface area contributed by atoms with E-state index in [1.54, 1.807) is 0 Å². The number of rotatable bonds is 4. The van der Waals surface area contributed by atoms with Gasteiger partial charge in [0.1, 0.15) is 5.82 Å². The summed E-state index contributed by atoms with van der Waals surface area (Å²) in [6.07, 6.45) is -4.35. The van der Waals surface area contributed by atoms with Crippen LogP contribution in [0.15, 0.2) is 35.2 Å². The molecule has 1 aliphatic rings. The van der Waals surface area contributed by atoms with E-state index in [4.69, 9.17) is 4.78 Å². The van der Waals surface area contributed by atoms with Gasteiger partial charge in [-0.2, -0.15) is 13.2 Å². The Morgan fingerprint density at radius 3 is 2.55 bits per heavy atom. The maximum absolute atomic E-state index is 13.8. The Hall–Kier alpha value is -2.76. The first-order valence-electron chi connectivity index (χ1n) is 10.0. The lowest BCUT2D eigenvalue weighted by Crippen LogP contribution is -2.30. The van der Waals surface area contributed by atoms with Crippen molar-refractivity contribution in [1.82, 2.24) is 4.98 Å². The molecule has 2 N–H and O–H groups in total. The number of nitrogens with one attached hydrogen (secondary N) is 2. The highest BCUT2D eigenvalue weighted by Gasteiger charge is 2.37. The molecule has 1 aromatic heterocycles. The number of alkyl halides is 5. The molecule has 33 heavy (non-hydrogen) atoms. The molecule has 1 fully saturated rings. The minimum atomic E-state index is -4.77. The normalized spacial score (nSPS) is 18.3. The van der Waals surface area contributed by atoms with Gasteiger partial charge >= 0.3 is 6.18 Å². The zero-order valence-corrected chi connectivity index (χ0v) is 18.7. The molecular formula is C21H23F5N4O2S. The molecule has 2 aromatic rings. The second-order valence-electron chi connectivity index (χ2n) is 8.01. The molecule has 6 nitrogen and oxygen atoms in total. The summed E-state index contributed by atoms with van der Waals surface area (Å²) in [6.45, 7) is 1.09. The van der Waals surface area contributed by atoms with Gasteiger partial charge in [-0.3, -0.25) is 4.79 Å². The van der Waals surface area contributed by atoms with E-state index in [-0.39, 0.29) is 48.0 Å². The number of pyridine rings is 1. The van der Waals surface area contributed by atoms with Crippen LogP contribution in [0.5, 0.6) is 0 Å². The Bertz CT molecular complexity index is 1170. The van der Waals surface area contributed by atoms with Gasteiger partial charge in [0, 0.05) is 42.8 Å². The Labute approximate surface area is 188 Å². The van der Waals surface area contributed by atoms with Crippen LogP contribution in [0.4, 0.5) is 33.5 Å². The van der Waals surface area contributed by atoms with Crippen molar-refractivity contribution >= 4 is 27.1 Å². The van der Waals surface area contributed by atoms with E-state index in [0.717, 1.165) is 6.92 Å². The molecule has 1 atom stereocenters. The van der Waals surface area contributed by atoms with Gasteiger partial charge in [0.15, 0.2) is 0 Å². The summed E-state index contributed by atoms with van der Waals surface area (Å²) in [5.41, 5.74) is -1.76. The standard InChI is InChI=1S/C21H23F5N4O2S/c1-13-17(21(24,25)26)12-16(18(28-13)30-9-4-7-20(22,23)8-10-30)19(31)29-14-5-3-6-15(11-14)33(2,27)32/h3,5-6,11-12,27H,4,7-10H2,1-2H3,(H,29,31)/t33-/m1/s1. The summed E-state index contributed by atoms with van der Waals surface area (Å²) >= 11 is 0. The fourth-order valence-electron chi connectivity index (χ4n) is 3.58. The van der Waals surface area contributed by atoms with E-state index in [1.165, 1.54) is 35.4 Å². The molecule has 1 aromatic carbocycles. The van der Waals surface area contributed by atoms with Crippen LogP contribution < -0.4 is 10.2 Å². The lowest BCUT2D eigenvalue weighted by Gasteiger charge is -2.25. The van der Waals surface area contributed by atoms with Crippen LogP contribution in [0, 0.1) is 11.7 Å². The summed E-state index contributed by atoms with van der Waals surface area (Å²) in [5.74, 6) is -3.93. The van der Waals surface area contributed by atoms with Crippen LogP contribution in [0.3, 0.4) is 0 Å². The van der Waals surface area contributed by atoms with Crippen LogP contribution in [0.2, 0.25) is 0 Å². The highest BCUT2D eigenvalue weighted by atomic mass is 32.2. The summed E-state index contributed by atoms with van der Waals surface area (Å²) in [5, 5.41) is 2.45. The highest BCUT2D eigenvalue weighted by molar-refractivity contribution is 7.91. The molecule has 0 bridgehead atoms. The number of halogens is 5. The summed E-state index contributed by atoms with van der Waals surface area (Å²) in [4.78, 5) is 18.6. The Morgan fingerprint density at radius 2 is 1.91 bits per heavy atom. The topological polar surface area (TPSA) is 86.2 Å². The van der Waals surface area contributed by atoms with Crippen LogP contribution in [0.1, 0.15) is 40.9 Å². The first kappa shape index (κ1) is 24.9. The molecule has 0 aliphatic carbocycles. The maximum atomic E-state index is 13.8. The number of amides is 1. The highest BCUT2D eigenvalue weighted by Crippen LogP contribution is 2.36. The molecule has 3 rings (SSSR count). The monoisotopic (exact) mass is 490 g/mol. The lowest BCUT2D eigenvalue weighted by atomic mass is 10.1. The van der Waals surface area contributed by atoms with Gasteiger partial charge in [-0.15, -0.1) is 0 Å². The number of benzene rings is 1. The van der Waals surface area contributed by atoms with Gasteiger partial charge in [-0.25, -0.2) is 22.8 Å². The molecule has 180 valence electrons. The van der Waals surface area contributed by atoms with Gasteiger partial charge in [0.25, 0.3) is 5.91 Å². The molecule has 1 saturated heterocycles. The van der Waals surface area contributed by atoms with Crippen LogP contribution >= 0.6 is 0 Å². The minimum absolute atomic E-state index is 0.0895. The predicted molar refractivity (Wildman–Crippen MR) is 114 cm³/mol. The van der Waals surface area contributed by atoms with Crippen molar-refractivity contribution in [3.05, 3.63) is 47.2 Å². The molecule has 0 saturated carbocycles. The summed E-state index contributed by atoms with van der Waals surface area (Å²) < 4.78 is 87.8. The van der Waals surface area contributed by atoms with Crippen LogP contribution in [-0.2, 0) is 15.9 Å². The van der Waals surface area contributed by atoms with Gasteiger partial charge in [0.05, 0.1) is 26.5 Å². The first-order chi connectivity index (χ1) is 15.2. The zero-order valence-electron chi connectivity index (χ0n) is 17.9. The third-order valence-electron chi connectivity index (χ3n) is 5.30. The van der Waals surface area contributed by atoms with Crippen molar-refractivity contribution in [3.8, 4) is 0 Å². The van der Waals surface area contributed by atoms with Crippen molar-refractivity contribution in [3.63, 3.8) is 0 Å². The van der Waals surface area contributed by atoms with E-state index in [9.17, 15) is 31.0 Å². The van der Waals surface area contributed by atoms with Crippen LogP contribution in [0.25, 0.3) is 0 Å². The molecule has 2 heterocycles. The molecule has 1 amide bonds. The van der Waals surface area contributed by atoms with Gasteiger partial charge in [0.2, 0.25) is 5.92 Å². The largest absolute Gasteiger partial charge is 0.418 e. The third kappa shape index (κ3) is 5.98. The summed E-state index contributed by atoms with van der Waals surface area (Å²) in [6, 6.07) is 6.29. The second kappa shape index (κ2) is 8.88. The van der Waals surface area contributed by atoms with E-state index in [0.29, 0.717) is 6.07 Å². The van der Waals surface area contributed by atoms with Gasteiger partial charge in [-0.1, -0.05) is 6.07 Å². The van der Waals surface area contributed by atoms with Crippen molar-refractivity contribution in [2.75, 3.05) is 29.6 Å². The third-order valence-corrected chi connectivity index (χ3v) is 6.46. The Morgan fingerprint density at radius 1 is 1.21 bits per heavy atom. The van der Waals surface area contributed by atoms with Crippen molar-refractivity contribution < 1.29 is 31.0 Å². The molecular weight excluding hydrogens is 467 g/mol. The number of aryl methyl sites for hydroxylation is 1. The second-order valence-corrected chi connectivity index (χ2v) is 10.2.